The first-order valence-electron chi connectivity index (χ1n) is 4.25. The Hall–Kier alpha value is 0.763. The molecule has 1 rings (SSSR count). The maximum atomic E-state index is 7.87. The summed E-state index contributed by atoms with van der Waals surface area (Å²) in [6.45, 7) is 2.28. The fraction of sp³-hybridized carbons (Fsp3) is 0.250. The summed E-state index contributed by atoms with van der Waals surface area (Å²) in [5, 5.41) is 1.43. The van der Waals surface area contributed by atoms with Crippen LogP contribution in [0.5, 0.6) is 0 Å². The minimum absolute atomic E-state index is 0.290. The van der Waals surface area contributed by atoms with Gasteiger partial charge in [-0.2, -0.15) is 0 Å². The molecule has 0 fully saturated rings. The summed E-state index contributed by atoms with van der Waals surface area (Å²) >= 11 is 6.78. The van der Waals surface area contributed by atoms with Crippen LogP contribution in [0.1, 0.15) is 6.92 Å². The number of benzene rings is 1. The van der Waals surface area contributed by atoms with Crippen LogP contribution in [0.4, 0.5) is 0 Å². The van der Waals surface area contributed by atoms with E-state index in [0.29, 0.717) is 0 Å². The van der Waals surface area contributed by atoms with Gasteiger partial charge in [-0.1, -0.05) is 12.2 Å². The van der Waals surface area contributed by atoms with Gasteiger partial charge in [-0.05, 0) is 11.8 Å². The second-order valence-electron chi connectivity index (χ2n) is 2.75. The van der Waals surface area contributed by atoms with Gasteiger partial charge in [0.2, 0.25) is 5.69 Å². The van der Waals surface area contributed by atoms with Crippen molar-refractivity contribution in [3.8, 4) is 0 Å². The molecule has 2 nitrogen and oxygen atoms in total. The normalized spacial score (nSPS) is 9.71. The molecule has 0 aliphatic carbocycles. The third kappa shape index (κ3) is 12.8. The molecule has 1 aromatic carbocycles. The summed E-state index contributed by atoms with van der Waals surface area (Å²) in [6, 6.07) is 10.9. The summed E-state index contributed by atoms with van der Waals surface area (Å²) < 4.78 is 1.63. The van der Waals surface area contributed by atoms with Crippen LogP contribution in [0, 0.1) is 0 Å². The van der Waals surface area contributed by atoms with Crippen LogP contribution in [0.15, 0.2) is 30.3 Å². The SMILES string of the molecule is C[CH2][Zn][c]1ccccc1.OP(O)(=S)S. The first-order valence-corrected chi connectivity index (χ1v) is 11.7. The summed E-state index contributed by atoms with van der Waals surface area (Å²) in [6.07, 6.45) is 0. The molecule has 0 radical (unpaired) electrons. The van der Waals surface area contributed by atoms with Crippen molar-refractivity contribution in [3.05, 3.63) is 30.3 Å². The Balaban J connectivity index is 0.000000292. The number of hydrogen-bond acceptors (Lipinski definition) is 1. The van der Waals surface area contributed by atoms with Gasteiger partial charge in [-0.3, -0.25) is 0 Å². The molecular weight excluding hydrogens is 289 g/mol. The van der Waals surface area contributed by atoms with Gasteiger partial charge in [0, 0.05) is 0 Å². The molecule has 0 aromatic heterocycles. The van der Waals surface area contributed by atoms with Crippen molar-refractivity contribution >= 4 is 33.9 Å². The Kier molecular flexibility index (Phi) is 8.41. The molecule has 1 aromatic rings. The third-order valence-corrected chi connectivity index (χ3v) is 4.63. The Morgan fingerprint density at radius 1 is 1.36 bits per heavy atom. The van der Waals surface area contributed by atoms with E-state index in [1.165, 1.54) is 5.02 Å². The zero-order valence-electron chi connectivity index (χ0n) is 8.00. The molecule has 0 unspecified atom stereocenters. The summed E-state index contributed by atoms with van der Waals surface area (Å²) in [4.78, 5) is 15.7. The van der Waals surface area contributed by atoms with E-state index >= 15 is 0 Å². The van der Waals surface area contributed by atoms with Crippen LogP contribution in [0.25, 0.3) is 0 Å². The van der Waals surface area contributed by atoms with E-state index in [1.807, 2.05) is 0 Å². The molecule has 0 bridgehead atoms. The zero-order chi connectivity index (χ0) is 11.0. The van der Waals surface area contributed by atoms with Crippen molar-refractivity contribution in [2.75, 3.05) is 0 Å². The van der Waals surface area contributed by atoms with E-state index in [2.05, 4.69) is 61.3 Å². The monoisotopic (exact) mass is 300 g/mol. The van der Waals surface area contributed by atoms with Gasteiger partial charge in [-0.25, -0.2) is 0 Å². The minimum atomic E-state index is -3.11. The van der Waals surface area contributed by atoms with Crippen LogP contribution in [-0.4, -0.2) is 9.79 Å². The molecule has 0 atom stereocenters. The molecule has 2 N–H and O–H groups in total. The molecule has 0 saturated heterocycles. The molecule has 0 aliphatic rings. The molecule has 0 aliphatic heterocycles. The summed E-state index contributed by atoms with van der Waals surface area (Å²) in [5.41, 5.74) is -3.11. The molecule has 0 saturated carbocycles. The largest absolute Gasteiger partial charge is 0.338 e. The first kappa shape index (κ1) is 14.8. The van der Waals surface area contributed by atoms with E-state index < -0.39 is 5.69 Å². The van der Waals surface area contributed by atoms with Crippen LogP contribution in [0.2, 0.25) is 5.02 Å². The van der Waals surface area contributed by atoms with Crippen molar-refractivity contribution in [1.82, 2.24) is 0 Å². The van der Waals surface area contributed by atoms with Crippen LogP contribution in [0.3, 0.4) is 0 Å². The quantitative estimate of drug-likeness (QED) is 0.444. The van der Waals surface area contributed by atoms with E-state index in [4.69, 9.17) is 9.79 Å². The van der Waals surface area contributed by atoms with Gasteiger partial charge >= 0.3 is 63.6 Å². The number of rotatable bonds is 2. The van der Waals surface area contributed by atoms with Crippen LogP contribution < -0.4 is 4.16 Å². The maximum Gasteiger partial charge on any atom is 0.239 e. The molecule has 14 heavy (non-hydrogen) atoms. The van der Waals surface area contributed by atoms with Gasteiger partial charge in [0.05, 0.1) is 0 Å². The fourth-order valence-corrected chi connectivity index (χ4v) is 3.42. The number of thiol groups is 1. The van der Waals surface area contributed by atoms with Crippen molar-refractivity contribution < 1.29 is 26.9 Å². The van der Waals surface area contributed by atoms with Crippen molar-refractivity contribution in [2.24, 2.45) is 0 Å². The van der Waals surface area contributed by atoms with Crippen molar-refractivity contribution in [3.63, 3.8) is 0 Å². The van der Waals surface area contributed by atoms with E-state index in [0.717, 1.165) is 0 Å². The van der Waals surface area contributed by atoms with Gasteiger partial charge < -0.3 is 9.79 Å². The predicted molar refractivity (Wildman–Crippen MR) is 64.3 cm³/mol. The molecule has 6 heteroatoms. The van der Waals surface area contributed by atoms with E-state index in [-0.39, 0.29) is 17.1 Å². The maximum absolute atomic E-state index is 7.87. The van der Waals surface area contributed by atoms with Crippen molar-refractivity contribution in [2.45, 2.75) is 11.9 Å². The van der Waals surface area contributed by atoms with E-state index in [1.54, 1.807) is 4.16 Å². The predicted octanol–water partition coefficient (Wildman–Crippen LogP) is 1.96. The number of hydrogen-bond donors (Lipinski definition) is 3. The molecule has 76 valence electrons. The molecule has 0 spiro atoms. The fourth-order valence-electron chi connectivity index (χ4n) is 0.933. The Morgan fingerprint density at radius 2 is 1.79 bits per heavy atom. The summed E-state index contributed by atoms with van der Waals surface area (Å²) in [7, 11) is 0. The Morgan fingerprint density at radius 3 is 2.14 bits per heavy atom. The topological polar surface area (TPSA) is 40.5 Å². The van der Waals surface area contributed by atoms with Gasteiger partial charge in [-0.15, -0.1) is 0 Å². The van der Waals surface area contributed by atoms with Crippen LogP contribution >= 0.6 is 17.9 Å². The Labute approximate surface area is 103 Å². The average Bonchev–Trinajstić information content (AvgIpc) is 2.03. The zero-order valence-corrected chi connectivity index (χ0v) is 13.6. The van der Waals surface area contributed by atoms with Crippen LogP contribution in [-0.2, 0) is 28.9 Å². The molecule has 0 amide bonds. The third-order valence-electron chi connectivity index (χ3n) is 1.38. The van der Waals surface area contributed by atoms with Gasteiger partial charge in [0.15, 0.2) is 0 Å². The standard InChI is InChI=1S/C6H5.C2H5.H3O2PS2.Zn/c1-2-4-6-5-3-1;1-2;1-3(2,4)5;/h1-5H;1H2,2H3;(H3,1,2,4,5);. The minimum Gasteiger partial charge on any atom is -0.338 e. The smallest absolute Gasteiger partial charge is 0.239 e. The second-order valence-corrected chi connectivity index (χ2v) is 12.6. The van der Waals surface area contributed by atoms with Gasteiger partial charge in [0.1, 0.15) is 0 Å². The van der Waals surface area contributed by atoms with Crippen molar-refractivity contribution in [1.29, 1.82) is 0 Å². The average molecular weight is 302 g/mol. The Bertz CT molecular complexity index is 280. The first-order chi connectivity index (χ1) is 6.43. The van der Waals surface area contributed by atoms with Gasteiger partial charge in [0.25, 0.3) is 0 Å². The molecule has 0 heterocycles. The second kappa shape index (κ2) is 7.98. The molecular formula is C8H13O2PS2Zn. The van der Waals surface area contributed by atoms with E-state index in [9.17, 15) is 0 Å². The summed E-state index contributed by atoms with van der Waals surface area (Å²) in [5.74, 6) is 0.